The van der Waals surface area contributed by atoms with Gasteiger partial charge in [0.1, 0.15) is 11.5 Å². The van der Waals surface area contributed by atoms with Crippen molar-refractivity contribution in [1.82, 2.24) is 9.97 Å². The van der Waals surface area contributed by atoms with E-state index in [1.165, 1.54) is 0 Å². The SMILES string of the molecule is Nc1cccc(CC(=O)Nc2ccc3c(/C=C(/C(=O)O)c4ccccc4)c[nH]c3n2)c1. The van der Waals surface area contributed by atoms with Gasteiger partial charge in [-0.3, -0.25) is 4.79 Å². The average Bonchev–Trinajstić information content (AvgIpc) is 3.14. The number of nitrogens with zero attached hydrogens (tertiary/aromatic N) is 1. The molecule has 0 aliphatic rings. The number of nitrogens with one attached hydrogen (secondary N) is 2. The van der Waals surface area contributed by atoms with E-state index in [0.717, 1.165) is 10.9 Å². The van der Waals surface area contributed by atoms with Crippen LogP contribution in [-0.2, 0) is 16.0 Å². The Balaban J connectivity index is 1.56. The summed E-state index contributed by atoms with van der Waals surface area (Å²) in [5.74, 6) is -0.819. The van der Waals surface area contributed by atoms with Crippen molar-refractivity contribution in [2.45, 2.75) is 6.42 Å². The summed E-state index contributed by atoms with van der Waals surface area (Å²) in [5, 5.41) is 13.2. The number of aliphatic carboxylic acids is 1. The topological polar surface area (TPSA) is 121 Å². The first-order chi connectivity index (χ1) is 15.0. The second-order valence-corrected chi connectivity index (χ2v) is 7.04. The van der Waals surface area contributed by atoms with Gasteiger partial charge in [0.05, 0.1) is 12.0 Å². The lowest BCUT2D eigenvalue weighted by molar-refractivity contribution is -0.130. The van der Waals surface area contributed by atoms with E-state index in [1.54, 1.807) is 66.9 Å². The molecule has 5 N–H and O–H groups in total. The molecule has 2 aromatic heterocycles. The summed E-state index contributed by atoms with van der Waals surface area (Å²) in [7, 11) is 0. The number of carboxylic acid groups (broad SMARTS) is 1. The fourth-order valence-corrected chi connectivity index (χ4v) is 3.33. The van der Waals surface area contributed by atoms with Crippen LogP contribution in [0.2, 0.25) is 0 Å². The number of anilines is 2. The van der Waals surface area contributed by atoms with Gasteiger partial charge in [0.25, 0.3) is 0 Å². The van der Waals surface area contributed by atoms with E-state index in [4.69, 9.17) is 5.73 Å². The van der Waals surface area contributed by atoms with Crippen LogP contribution in [0.5, 0.6) is 0 Å². The largest absolute Gasteiger partial charge is 0.478 e. The van der Waals surface area contributed by atoms with Gasteiger partial charge < -0.3 is 21.1 Å². The molecule has 1 amide bonds. The number of fused-ring (bicyclic) bond motifs is 1. The van der Waals surface area contributed by atoms with E-state index in [-0.39, 0.29) is 17.9 Å². The third-order valence-electron chi connectivity index (χ3n) is 4.77. The molecule has 154 valence electrons. The normalized spacial score (nSPS) is 11.4. The minimum Gasteiger partial charge on any atom is -0.478 e. The van der Waals surface area contributed by atoms with Crippen LogP contribution < -0.4 is 11.1 Å². The lowest BCUT2D eigenvalue weighted by atomic mass is 10.0. The fourth-order valence-electron chi connectivity index (χ4n) is 3.33. The minimum atomic E-state index is -1.01. The summed E-state index contributed by atoms with van der Waals surface area (Å²) < 4.78 is 0. The van der Waals surface area contributed by atoms with Crippen LogP contribution in [0.15, 0.2) is 72.9 Å². The monoisotopic (exact) mass is 412 g/mol. The first-order valence-electron chi connectivity index (χ1n) is 9.62. The van der Waals surface area contributed by atoms with Gasteiger partial charge in [0.15, 0.2) is 0 Å². The van der Waals surface area contributed by atoms with Crippen LogP contribution >= 0.6 is 0 Å². The summed E-state index contributed by atoms with van der Waals surface area (Å²) >= 11 is 0. The standard InChI is InChI=1S/C24H20N4O3/c25-18-8-4-5-15(11-18)12-22(29)27-21-10-9-19-17(14-26-23(19)28-21)13-20(24(30)31)16-6-2-1-3-7-16/h1-11,13-14H,12,25H2,(H,30,31)(H2,26,27,28,29)/b20-13+. The smallest absolute Gasteiger partial charge is 0.336 e. The molecule has 0 saturated carbocycles. The number of nitrogens with two attached hydrogens (primary N) is 1. The quantitative estimate of drug-likeness (QED) is 0.282. The molecule has 0 aliphatic heterocycles. The van der Waals surface area contributed by atoms with Crippen molar-refractivity contribution in [3.63, 3.8) is 0 Å². The first kappa shape index (κ1) is 19.9. The van der Waals surface area contributed by atoms with Crippen molar-refractivity contribution < 1.29 is 14.7 Å². The number of benzene rings is 2. The van der Waals surface area contributed by atoms with Crippen LogP contribution in [0.1, 0.15) is 16.7 Å². The number of hydrogen-bond donors (Lipinski definition) is 4. The summed E-state index contributed by atoms with van der Waals surface area (Å²) in [6.45, 7) is 0. The first-order valence-corrected chi connectivity index (χ1v) is 9.62. The molecule has 0 atom stereocenters. The predicted octanol–water partition coefficient (Wildman–Crippen LogP) is 3.95. The number of nitrogen functional groups attached to an aromatic ring is 1. The van der Waals surface area contributed by atoms with Crippen molar-refractivity contribution in [2.75, 3.05) is 11.1 Å². The van der Waals surface area contributed by atoms with E-state index in [1.807, 2.05) is 12.1 Å². The molecule has 0 bridgehead atoms. The zero-order chi connectivity index (χ0) is 21.8. The molecule has 0 unspecified atom stereocenters. The third kappa shape index (κ3) is 4.62. The van der Waals surface area contributed by atoms with Crippen LogP contribution in [-0.4, -0.2) is 27.0 Å². The van der Waals surface area contributed by atoms with Gasteiger partial charge >= 0.3 is 5.97 Å². The maximum atomic E-state index is 12.3. The highest BCUT2D eigenvalue weighted by Gasteiger charge is 2.13. The highest BCUT2D eigenvalue weighted by molar-refractivity contribution is 6.21. The number of amides is 1. The average molecular weight is 412 g/mol. The molecule has 7 heteroatoms. The molecule has 0 saturated heterocycles. The summed E-state index contributed by atoms with van der Waals surface area (Å²) in [6.07, 6.45) is 3.49. The summed E-state index contributed by atoms with van der Waals surface area (Å²) in [6, 6.07) is 19.6. The molecule has 4 rings (SSSR count). The van der Waals surface area contributed by atoms with E-state index < -0.39 is 5.97 Å². The third-order valence-corrected chi connectivity index (χ3v) is 4.77. The second-order valence-electron chi connectivity index (χ2n) is 7.04. The number of carboxylic acids is 1. The van der Waals surface area contributed by atoms with Gasteiger partial charge in [-0.1, -0.05) is 42.5 Å². The van der Waals surface area contributed by atoms with Crippen molar-refractivity contribution in [3.8, 4) is 0 Å². The molecule has 31 heavy (non-hydrogen) atoms. The molecule has 7 nitrogen and oxygen atoms in total. The Morgan fingerprint density at radius 2 is 1.87 bits per heavy atom. The summed E-state index contributed by atoms with van der Waals surface area (Å²) in [4.78, 5) is 31.6. The molecular weight excluding hydrogens is 392 g/mol. The van der Waals surface area contributed by atoms with Crippen molar-refractivity contribution in [3.05, 3.63) is 89.6 Å². The van der Waals surface area contributed by atoms with Crippen molar-refractivity contribution >= 4 is 46.1 Å². The number of aromatic nitrogens is 2. The van der Waals surface area contributed by atoms with Crippen LogP contribution in [0.3, 0.4) is 0 Å². The minimum absolute atomic E-state index is 0.181. The van der Waals surface area contributed by atoms with E-state index in [2.05, 4.69) is 15.3 Å². The number of hydrogen-bond acceptors (Lipinski definition) is 4. The van der Waals surface area contributed by atoms with E-state index >= 15 is 0 Å². The Morgan fingerprint density at radius 1 is 1.06 bits per heavy atom. The fraction of sp³-hybridized carbons (Fsp3) is 0.0417. The Labute approximate surface area is 178 Å². The highest BCUT2D eigenvalue weighted by Crippen LogP contribution is 2.25. The van der Waals surface area contributed by atoms with Crippen LogP contribution in [0.25, 0.3) is 22.7 Å². The van der Waals surface area contributed by atoms with Crippen LogP contribution in [0, 0.1) is 0 Å². The molecule has 2 aromatic carbocycles. The lowest BCUT2D eigenvalue weighted by Crippen LogP contribution is -2.15. The van der Waals surface area contributed by atoms with Gasteiger partial charge in [-0.2, -0.15) is 0 Å². The number of carbonyl (C=O) groups is 2. The number of rotatable bonds is 6. The van der Waals surface area contributed by atoms with Crippen molar-refractivity contribution in [2.24, 2.45) is 0 Å². The number of aromatic amines is 1. The Hall–Kier alpha value is -4.39. The zero-order valence-electron chi connectivity index (χ0n) is 16.5. The van der Waals surface area contributed by atoms with Gasteiger partial charge in [-0.05, 0) is 41.5 Å². The molecule has 0 fully saturated rings. The highest BCUT2D eigenvalue weighted by atomic mass is 16.4. The molecule has 2 heterocycles. The van der Waals surface area contributed by atoms with E-state index in [0.29, 0.717) is 28.3 Å². The lowest BCUT2D eigenvalue weighted by Gasteiger charge is -2.06. The predicted molar refractivity (Wildman–Crippen MR) is 121 cm³/mol. The van der Waals surface area contributed by atoms with Gasteiger partial charge in [-0.25, -0.2) is 9.78 Å². The molecule has 4 aromatic rings. The van der Waals surface area contributed by atoms with Crippen LogP contribution in [0.4, 0.5) is 11.5 Å². The van der Waals surface area contributed by atoms with Crippen molar-refractivity contribution in [1.29, 1.82) is 0 Å². The summed E-state index contributed by atoms with van der Waals surface area (Å²) in [5.41, 5.74) is 9.21. The van der Waals surface area contributed by atoms with Gasteiger partial charge in [-0.15, -0.1) is 0 Å². The molecule has 0 aliphatic carbocycles. The van der Waals surface area contributed by atoms with E-state index in [9.17, 15) is 14.7 Å². The molecular formula is C24H20N4O3. The Kier molecular flexibility index (Phi) is 5.49. The second kappa shape index (κ2) is 8.54. The van der Waals surface area contributed by atoms with Gasteiger partial charge in [0, 0.05) is 22.8 Å². The van der Waals surface area contributed by atoms with Gasteiger partial charge in [0.2, 0.25) is 5.91 Å². The number of H-pyrrole nitrogens is 1. The molecule has 0 spiro atoms. The maximum absolute atomic E-state index is 12.3. The maximum Gasteiger partial charge on any atom is 0.336 e. The number of pyridine rings is 1. The Bertz CT molecular complexity index is 1290. The molecule has 0 radical (unpaired) electrons. The number of carbonyl (C=O) groups excluding carboxylic acids is 1. The zero-order valence-corrected chi connectivity index (χ0v) is 16.5. The Morgan fingerprint density at radius 3 is 2.61 bits per heavy atom.